The van der Waals surface area contributed by atoms with Crippen LogP contribution in [0.1, 0.15) is 33.6 Å². The highest BCUT2D eigenvalue weighted by Gasteiger charge is 2.16. The van der Waals surface area contributed by atoms with Gasteiger partial charge in [-0.15, -0.1) is 0 Å². The molecule has 3 N–H and O–H groups in total. The molecule has 0 aliphatic heterocycles. The number of carbonyl (C=O) groups excluding carboxylic acids is 1. The van der Waals surface area contributed by atoms with Crippen molar-refractivity contribution in [2.75, 3.05) is 17.7 Å². The average Bonchev–Trinajstić information content (AvgIpc) is 2.33. The summed E-state index contributed by atoms with van der Waals surface area (Å²) in [6.45, 7) is 6.35. The summed E-state index contributed by atoms with van der Waals surface area (Å²) < 4.78 is 5.62. The van der Waals surface area contributed by atoms with Crippen molar-refractivity contribution >= 4 is 40.5 Å². The first-order valence-corrected chi connectivity index (χ1v) is 7.19. The van der Waals surface area contributed by atoms with E-state index in [9.17, 15) is 4.79 Å². The first-order chi connectivity index (χ1) is 9.25. The van der Waals surface area contributed by atoms with Crippen molar-refractivity contribution in [1.82, 2.24) is 0 Å². The van der Waals surface area contributed by atoms with Crippen LogP contribution in [0.15, 0.2) is 12.1 Å². The van der Waals surface area contributed by atoms with Crippen LogP contribution in [0.2, 0.25) is 10.0 Å². The van der Waals surface area contributed by atoms with Gasteiger partial charge in [-0.2, -0.15) is 0 Å². The lowest BCUT2D eigenvalue weighted by Crippen LogP contribution is -2.25. The summed E-state index contributed by atoms with van der Waals surface area (Å²) in [4.78, 5) is 11.8. The number of hydrogen-bond acceptors (Lipinski definition) is 3. The molecular formula is C14H20Cl2N2O2. The number of nitrogen functional groups attached to an aromatic ring is 1. The van der Waals surface area contributed by atoms with Crippen LogP contribution in [0.3, 0.4) is 0 Å². The van der Waals surface area contributed by atoms with E-state index in [1.54, 1.807) is 6.07 Å². The number of rotatable bonds is 6. The third-order valence-electron chi connectivity index (χ3n) is 3.02. The lowest BCUT2D eigenvalue weighted by Gasteiger charge is -2.23. The van der Waals surface area contributed by atoms with Gasteiger partial charge in [0.1, 0.15) is 0 Å². The van der Waals surface area contributed by atoms with E-state index in [0.717, 1.165) is 6.42 Å². The van der Waals surface area contributed by atoms with Crippen molar-refractivity contribution in [3.05, 3.63) is 22.2 Å². The van der Waals surface area contributed by atoms with Gasteiger partial charge in [0.15, 0.2) is 0 Å². The topological polar surface area (TPSA) is 64.3 Å². The number of benzene rings is 1. The Kier molecular flexibility index (Phi) is 6.11. The Hall–Kier alpha value is -0.970. The molecule has 1 aromatic rings. The minimum Gasteiger partial charge on any atom is -0.397 e. The number of ether oxygens (including phenoxy) is 1. The van der Waals surface area contributed by atoms with E-state index in [1.807, 2.05) is 20.8 Å². The zero-order chi connectivity index (χ0) is 15.3. The van der Waals surface area contributed by atoms with Gasteiger partial charge in [0.05, 0.1) is 35.0 Å². The zero-order valence-electron chi connectivity index (χ0n) is 11.9. The highest BCUT2D eigenvalue weighted by Crippen LogP contribution is 2.32. The van der Waals surface area contributed by atoms with Crippen LogP contribution in [0.4, 0.5) is 11.4 Å². The quantitative estimate of drug-likeness (QED) is 0.776. The molecule has 6 heteroatoms. The van der Waals surface area contributed by atoms with E-state index in [0.29, 0.717) is 28.0 Å². The average molecular weight is 319 g/mol. The standard InChI is InChI=1S/C14H20Cl2N2O2/c1-4-14(2,3)20-6-5-12(19)18-13-10(16)7-9(15)8-11(13)17/h7-8H,4-6,17H2,1-3H3,(H,18,19). The van der Waals surface area contributed by atoms with Crippen molar-refractivity contribution in [3.8, 4) is 0 Å². The van der Waals surface area contributed by atoms with Crippen molar-refractivity contribution in [2.45, 2.75) is 39.2 Å². The molecule has 20 heavy (non-hydrogen) atoms. The summed E-state index contributed by atoms with van der Waals surface area (Å²) in [5, 5.41) is 3.42. The molecule has 1 aromatic carbocycles. The van der Waals surface area contributed by atoms with Gasteiger partial charge >= 0.3 is 0 Å². The highest BCUT2D eigenvalue weighted by atomic mass is 35.5. The van der Waals surface area contributed by atoms with E-state index in [-0.39, 0.29) is 17.9 Å². The molecule has 0 aliphatic carbocycles. The fourth-order valence-corrected chi connectivity index (χ4v) is 2.01. The Morgan fingerprint density at radius 3 is 2.60 bits per heavy atom. The zero-order valence-corrected chi connectivity index (χ0v) is 13.4. The molecule has 0 spiro atoms. The summed E-state index contributed by atoms with van der Waals surface area (Å²) in [7, 11) is 0. The summed E-state index contributed by atoms with van der Waals surface area (Å²) in [5.41, 5.74) is 6.27. The largest absolute Gasteiger partial charge is 0.397 e. The molecule has 0 heterocycles. The Balaban J connectivity index is 2.55. The minimum atomic E-state index is -0.225. The van der Waals surface area contributed by atoms with E-state index >= 15 is 0 Å². The maximum atomic E-state index is 11.8. The second-order valence-electron chi connectivity index (χ2n) is 5.11. The van der Waals surface area contributed by atoms with Gasteiger partial charge in [0.25, 0.3) is 0 Å². The summed E-state index contributed by atoms with van der Waals surface area (Å²) >= 11 is 11.8. The van der Waals surface area contributed by atoms with Crippen LogP contribution in [-0.4, -0.2) is 18.1 Å². The first-order valence-electron chi connectivity index (χ1n) is 6.43. The Morgan fingerprint density at radius 1 is 1.40 bits per heavy atom. The number of amides is 1. The molecule has 0 saturated carbocycles. The molecular weight excluding hydrogens is 299 g/mol. The maximum Gasteiger partial charge on any atom is 0.226 e. The fraction of sp³-hybridized carbons (Fsp3) is 0.500. The molecule has 112 valence electrons. The van der Waals surface area contributed by atoms with Crippen LogP contribution in [0.5, 0.6) is 0 Å². The molecule has 0 fully saturated rings. The van der Waals surface area contributed by atoms with Crippen molar-refractivity contribution < 1.29 is 9.53 Å². The van der Waals surface area contributed by atoms with Gasteiger partial charge in [-0.25, -0.2) is 0 Å². The Labute approximate surface area is 129 Å². The fourth-order valence-electron chi connectivity index (χ4n) is 1.45. The van der Waals surface area contributed by atoms with Gasteiger partial charge in [0, 0.05) is 5.02 Å². The van der Waals surface area contributed by atoms with Crippen LogP contribution in [0, 0.1) is 0 Å². The molecule has 1 rings (SSSR count). The minimum absolute atomic E-state index is 0.201. The van der Waals surface area contributed by atoms with Gasteiger partial charge in [-0.1, -0.05) is 30.1 Å². The number of nitrogens with two attached hydrogens (primary N) is 1. The SMILES string of the molecule is CCC(C)(C)OCCC(=O)Nc1c(N)cc(Cl)cc1Cl. The van der Waals surface area contributed by atoms with Crippen LogP contribution in [0.25, 0.3) is 0 Å². The van der Waals surface area contributed by atoms with Crippen molar-refractivity contribution in [1.29, 1.82) is 0 Å². The smallest absolute Gasteiger partial charge is 0.226 e. The number of carbonyl (C=O) groups is 1. The highest BCUT2D eigenvalue weighted by molar-refractivity contribution is 6.37. The molecule has 1 amide bonds. The normalized spacial score (nSPS) is 11.4. The van der Waals surface area contributed by atoms with Crippen LogP contribution in [-0.2, 0) is 9.53 Å². The van der Waals surface area contributed by atoms with Gasteiger partial charge < -0.3 is 15.8 Å². The predicted molar refractivity (Wildman–Crippen MR) is 84.4 cm³/mol. The number of hydrogen-bond donors (Lipinski definition) is 2. The monoisotopic (exact) mass is 318 g/mol. The van der Waals surface area contributed by atoms with E-state index in [1.165, 1.54) is 6.07 Å². The molecule has 4 nitrogen and oxygen atoms in total. The maximum absolute atomic E-state index is 11.8. The van der Waals surface area contributed by atoms with E-state index < -0.39 is 0 Å². The summed E-state index contributed by atoms with van der Waals surface area (Å²) in [6, 6.07) is 3.07. The lowest BCUT2D eigenvalue weighted by atomic mass is 10.1. The second kappa shape index (κ2) is 7.16. The lowest BCUT2D eigenvalue weighted by molar-refractivity contribution is -0.118. The molecule has 0 bridgehead atoms. The summed E-state index contributed by atoms with van der Waals surface area (Å²) in [5.74, 6) is -0.201. The van der Waals surface area contributed by atoms with Crippen LogP contribution < -0.4 is 11.1 Å². The second-order valence-corrected chi connectivity index (χ2v) is 5.96. The third-order valence-corrected chi connectivity index (χ3v) is 3.54. The molecule has 0 aromatic heterocycles. The van der Waals surface area contributed by atoms with Crippen LogP contribution >= 0.6 is 23.2 Å². The van der Waals surface area contributed by atoms with E-state index in [4.69, 9.17) is 33.7 Å². The molecule has 0 saturated heterocycles. The molecule has 0 atom stereocenters. The van der Waals surface area contributed by atoms with E-state index in [2.05, 4.69) is 5.32 Å². The Bertz CT molecular complexity index is 467. The first kappa shape index (κ1) is 17.1. The predicted octanol–water partition coefficient (Wildman–Crippen LogP) is 4.11. The van der Waals surface area contributed by atoms with Gasteiger partial charge in [-0.05, 0) is 32.4 Å². The number of nitrogens with one attached hydrogen (secondary N) is 1. The third kappa shape index (κ3) is 5.19. The van der Waals surface area contributed by atoms with Gasteiger partial charge in [-0.3, -0.25) is 4.79 Å². The van der Waals surface area contributed by atoms with Crippen molar-refractivity contribution in [3.63, 3.8) is 0 Å². The number of halogens is 2. The molecule has 0 aliphatic rings. The molecule has 0 unspecified atom stereocenters. The van der Waals surface area contributed by atoms with Gasteiger partial charge in [0.2, 0.25) is 5.91 Å². The summed E-state index contributed by atoms with van der Waals surface area (Å²) in [6.07, 6.45) is 1.12. The number of anilines is 2. The molecule has 0 radical (unpaired) electrons. The Morgan fingerprint density at radius 2 is 2.05 bits per heavy atom. The van der Waals surface area contributed by atoms with Crippen molar-refractivity contribution in [2.24, 2.45) is 0 Å².